The molecule has 3 nitrogen and oxygen atoms in total. The Balaban J connectivity index is 1.77. The smallest absolute Gasteiger partial charge is 0.261 e. The Morgan fingerprint density at radius 2 is 1.20 bits per heavy atom. The highest BCUT2D eigenvalue weighted by Crippen LogP contribution is 2.36. The zero-order valence-electron chi connectivity index (χ0n) is 18.1. The third-order valence-corrected chi connectivity index (χ3v) is 10.3. The fourth-order valence-electron chi connectivity index (χ4n) is 3.92. The first-order chi connectivity index (χ1) is 14.4. The summed E-state index contributed by atoms with van der Waals surface area (Å²) in [7, 11) is -2.63. The Hall–Kier alpha value is -2.24. The van der Waals surface area contributed by atoms with Gasteiger partial charge in [0.15, 0.2) is 0 Å². The maximum atomic E-state index is 10.6. The molecule has 158 valence electrons. The van der Waals surface area contributed by atoms with Crippen molar-refractivity contribution in [3.05, 3.63) is 96.6 Å². The molecule has 0 saturated heterocycles. The van der Waals surface area contributed by atoms with E-state index in [1.807, 2.05) is 42.5 Å². The van der Waals surface area contributed by atoms with Gasteiger partial charge in [0, 0.05) is 0 Å². The van der Waals surface area contributed by atoms with Crippen molar-refractivity contribution in [3.63, 3.8) is 0 Å². The number of rotatable bonds is 9. The fraction of sp³-hybridized carbons (Fsp3) is 0.308. The zero-order chi connectivity index (χ0) is 21.5. The van der Waals surface area contributed by atoms with E-state index >= 15 is 0 Å². The maximum Gasteiger partial charge on any atom is 0.261 e. The molecule has 0 saturated carbocycles. The van der Waals surface area contributed by atoms with Crippen molar-refractivity contribution in [1.29, 1.82) is 0 Å². The number of hydrogen-bond donors (Lipinski definition) is 1. The van der Waals surface area contributed by atoms with Crippen LogP contribution in [0.1, 0.15) is 26.3 Å². The van der Waals surface area contributed by atoms with Crippen LogP contribution in [0.15, 0.2) is 91.0 Å². The summed E-state index contributed by atoms with van der Waals surface area (Å²) >= 11 is 0. The summed E-state index contributed by atoms with van der Waals surface area (Å²) in [4.78, 5) is 0. The molecular weight excluding hydrogens is 388 g/mol. The number of benzene rings is 3. The van der Waals surface area contributed by atoms with Gasteiger partial charge in [-0.2, -0.15) is 0 Å². The third kappa shape index (κ3) is 5.27. The lowest BCUT2D eigenvalue weighted by atomic mass is 10.2. The summed E-state index contributed by atoms with van der Waals surface area (Å²) in [6, 6.07) is 30.9. The van der Waals surface area contributed by atoms with E-state index in [0.717, 1.165) is 5.56 Å². The van der Waals surface area contributed by atoms with Crippen LogP contribution in [0.5, 0.6) is 0 Å². The molecule has 0 spiro atoms. The van der Waals surface area contributed by atoms with E-state index in [9.17, 15) is 5.11 Å². The van der Waals surface area contributed by atoms with Gasteiger partial charge in [-0.05, 0) is 21.0 Å². The summed E-state index contributed by atoms with van der Waals surface area (Å²) in [6.07, 6.45) is -0.685. The van der Waals surface area contributed by atoms with Crippen molar-refractivity contribution in [2.75, 3.05) is 13.2 Å². The van der Waals surface area contributed by atoms with Crippen LogP contribution in [0.3, 0.4) is 0 Å². The van der Waals surface area contributed by atoms with Crippen LogP contribution in [-0.2, 0) is 15.8 Å². The lowest BCUT2D eigenvalue weighted by Gasteiger charge is -2.43. The quantitative estimate of drug-likeness (QED) is 0.529. The first-order valence-corrected chi connectivity index (χ1v) is 12.4. The lowest BCUT2D eigenvalue weighted by Crippen LogP contribution is -2.67. The average Bonchev–Trinajstić information content (AvgIpc) is 2.75. The van der Waals surface area contributed by atoms with Crippen LogP contribution >= 0.6 is 0 Å². The molecule has 0 radical (unpaired) electrons. The molecule has 1 atom stereocenters. The standard InChI is InChI=1S/C26H32O3Si/c1-26(2,3)30(24-15-9-5-10-16-24,25-17-11-6-12-18-25)29-21-23(27)20-28-19-22-13-7-4-8-14-22/h4-18,23,27H,19-21H2,1-3H3. The SMILES string of the molecule is CC(C)(C)[Si](OCC(O)COCc1ccccc1)(c1ccccc1)c1ccccc1. The molecule has 3 rings (SSSR count). The topological polar surface area (TPSA) is 38.7 Å². The van der Waals surface area contributed by atoms with Crippen molar-refractivity contribution in [2.45, 2.75) is 38.5 Å². The summed E-state index contributed by atoms with van der Waals surface area (Å²) in [5.41, 5.74) is 1.10. The van der Waals surface area contributed by atoms with E-state index in [1.54, 1.807) is 0 Å². The van der Waals surface area contributed by atoms with Crippen molar-refractivity contribution < 1.29 is 14.3 Å². The largest absolute Gasteiger partial charge is 0.405 e. The van der Waals surface area contributed by atoms with Crippen LogP contribution in [0.2, 0.25) is 5.04 Å². The van der Waals surface area contributed by atoms with E-state index in [1.165, 1.54) is 10.4 Å². The first-order valence-electron chi connectivity index (χ1n) is 10.5. The van der Waals surface area contributed by atoms with E-state index in [4.69, 9.17) is 9.16 Å². The Morgan fingerprint density at radius 1 is 0.733 bits per heavy atom. The number of aliphatic hydroxyl groups is 1. The van der Waals surface area contributed by atoms with Crippen LogP contribution in [0.4, 0.5) is 0 Å². The van der Waals surface area contributed by atoms with Gasteiger partial charge in [0.1, 0.15) is 0 Å². The van der Waals surface area contributed by atoms with Gasteiger partial charge in [0.05, 0.1) is 25.9 Å². The van der Waals surface area contributed by atoms with Crippen molar-refractivity contribution in [1.82, 2.24) is 0 Å². The zero-order valence-corrected chi connectivity index (χ0v) is 19.1. The molecule has 0 aliphatic rings. The molecular formula is C26H32O3Si. The van der Waals surface area contributed by atoms with Gasteiger partial charge in [-0.25, -0.2) is 0 Å². The Morgan fingerprint density at radius 3 is 1.67 bits per heavy atom. The van der Waals surface area contributed by atoms with Crippen LogP contribution < -0.4 is 10.4 Å². The normalized spacial score (nSPS) is 13.2. The monoisotopic (exact) mass is 420 g/mol. The van der Waals surface area contributed by atoms with E-state index < -0.39 is 14.4 Å². The van der Waals surface area contributed by atoms with E-state index in [-0.39, 0.29) is 18.3 Å². The summed E-state index contributed by atoms with van der Waals surface area (Å²) in [5.74, 6) is 0. The third-order valence-electron chi connectivity index (χ3n) is 5.33. The number of aliphatic hydroxyl groups excluding tert-OH is 1. The van der Waals surface area contributed by atoms with Gasteiger partial charge in [0.2, 0.25) is 0 Å². The Bertz CT molecular complexity index is 837. The molecule has 1 unspecified atom stereocenters. The molecule has 3 aromatic rings. The van der Waals surface area contributed by atoms with Gasteiger partial charge in [-0.3, -0.25) is 0 Å². The Kier molecular flexibility index (Phi) is 7.62. The van der Waals surface area contributed by atoms with Crippen molar-refractivity contribution >= 4 is 18.7 Å². The molecule has 30 heavy (non-hydrogen) atoms. The van der Waals surface area contributed by atoms with Crippen LogP contribution in [-0.4, -0.2) is 32.7 Å². The predicted molar refractivity (Wildman–Crippen MR) is 126 cm³/mol. The summed E-state index contributed by atoms with van der Waals surface area (Å²) in [6.45, 7) is 7.67. The van der Waals surface area contributed by atoms with Crippen molar-refractivity contribution in [2.24, 2.45) is 0 Å². The Labute approximate surface area is 181 Å². The lowest BCUT2D eigenvalue weighted by molar-refractivity contribution is 0.00354. The van der Waals surface area contributed by atoms with E-state index in [2.05, 4.69) is 69.3 Å². The molecule has 0 heterocycles. The molecule has 1 N–H and O–H groups in total. The van der Waals surface area contributed by atoms with Gasteiger partial charge >= 0.3 is 0 Å². The molecule has 0 aliphatic heterocycles. The highest BCUT2D eigenvalue weighted by atomic mass is 28.4. The molecule has 0 fully saturated rings. The highest BCUT2D eigenvalue weighted by Gasteiger charge is 2.50. The fourth-order valence-corrected chi connectivity index (χ4v) is 8.52. The molecule has 0 amide bonds. The second-order valence-corrected chi connectivity index (χ2v) is 12.9. The average molecular weight is 421 g/mol. The minimum atomic E-state index is -2.63. The van der Waals surface area contributed by atoms with E-state index in [0.29, 0.717) is 6.61 Å². The molecule has 0 bridgehead atoms. The summed E-state index contributed by atoms with van der Waals surface area (Å²) in [5, 5.41) is 12.9. The molecule has 0 aliphatic carbocycles. The number of hydrogen-bond acceptors (Lipinski definition) is 3. The number of ether oxygens (including phenoxy) is 1. The first kappa shape index (κ1) is 22.4. The van der Waals surface area contributed by atoms with Gasteiger partial charge in [-0.1, -0.05) is 112 Å². The molecule has 4 heteroatoms. The predicted octanol–water partition coefficient (Wildman–Crippen LogP) is 4.14. The van der Waals surface area contributed by atoms with Gasteiger partial charge in [0.25, 0.3) is 8.32 Å². The van der Waals surface area contributed by atoms with Crippen LogP contribution in [0.25, 0.3) is 0 Å². The maximum absolute atomic E-state index is 10.6. The molecule has 3 aromatic carbocycles. The van der Waals surface area contributed by atoms with Crippen molar-refractivity contribution in [3.8, 4) is 0 Å². The molecule has 0 aromatic heterocycles. The summed E-state index contributed by atoms with van der Waals surface area (Å²) < 4.78 is 12.5. The van der Waals surface area contributed by atoms with Gasteiger partial charge in [-0.15, -0.1) is 0 Å². The minimum absolute atomic E-state index is 0.111. The minimum Gasteiger partial charge on any atom is -0.405 e. The highest BCUT2D eigenvalue weighted by molar-refractivity contribution is 6.99. The van der Waals surface area contributed by atoms with Gasteiger partial charge < -0.3 is 14.3 Å². The van der Waals surface area contributed by atoms with Crippen LogP contribution in [0, 0.1) is 0 Å². The second kappa shape index (κ2) is 10.2. The second-order valence-electron chi connectivity index (χ2n) is 8.63.